The molecule has 2 unspecified atom stereocenters. The average molecular weight is 277 g/mol. The third-order valence-electron chi connectivity index (χ3n) is 3.53. The molecule has 1 heterocycles. The van der Waals surface area contributed by atoms with Crippen LogP contribution >= 0.6 is 0 Å². The average Bonchev–Trinajstić information content (AvgIpc) is 2.38. The lowest BCUT2D eigenvalue weighted by atomic mass is 9.87. The largest absolute Gasteiger partial charge is 0.476 e. The molecule has 1 saturated carbocycles. The minimum Gasteiger partial charge on any atom is -0.476 e. The van der Waals surface area contributed by atoms with Gasteiger partial charge in [0.2, 0.25) is 0 Å². The Morgan fingerprint density at radius 2 is 2.20 bits per heavy atom. The van der Waals surface area contributed by atoms with Crippen LogP contribution in [0.15, 0.2) is 18.3 Å². The number of hydrogen-bond donors (Lipinski definition) is 3. The molecule has 1 aromatic heterocycles. The van der Waals surface area contributed by atoms with Crippen LogP contribution < -0.4 is 10.6 Å². The molecule has 1 aliphatic rings. The molecule has 2 atom stereocenters. The van der Waals surface area contributed by atoms with Crippen molar-refractivity contribution >= 4 is 17.7 Å². The predicted molar refractivity (Wildman–Crippen MR) is 74.8 cm³/mol. The maximum atomic E-state index is 11.9. The van der Waals surface area contributed by atoms with E-state index in [0.29, 0.717) is 5.92 Å². The first kappa shape index (κ1) is 14.3. The summed E-state index contributed by atoms with van der Waals surface area (Å²) >= 11 is 0. The molecule has 6 heteroatoms. The number of anilines is 1. The molecule has 0 aliphatic heterocycles. The Labute approximate surface area is 117 Å². The number of carboxylic acid groups (broad SMARTS) is 1. The molecule has 108 valence electrons. The van der Waals surface area contributed by atoms with Gasteiger partial charge in [0.1, 0.15) is 0 Å². The van der Waals surface area contributed by atoms with Gasteiger partial charge in [-0.1, -0.05) is 19.8 Å². The van der Waals surface area contributed by atoms with E-state index < -0.39 is 5.97 Å². The summed E-state index contributed by atoms with van der Waals surface area (Å²) in [5, 5.41) is 14.5. The smallest absolute Gasteiger partial charge is 0.356 e. The molecule has 6 nitrogen and oxygen atoms in total. The Morgan fingerprint density at radius 1 is 1.40 bits per heavy atom. The van der Waals surface area contributed by atoms with Gasteiger partial charge in [0, 0.05) is 12.2 Å². The number of pyridine rings is 1. The van der Waals surface area contributed by atoms with Crippen LogP contribution in [0.25, 0.3) is 0 Å². The normalized spacial score (nSPS) is 22.1. The Morgan fingerprint density at radius 3 is 2.90 bits per heavy atom. The Kier molecular flexibility index (Phi) is 4.55. The summed E-state index contributed by atoms with van der Waals surface area (Å²) in [7, 11) is 0. The molecule has 3 N–H and O–H groups in total. The van der Waals surface area contributed by atoms with Crippen LogP contribution in [0, 0.1) is 5.92 Å². The number of nitrogens with zero attached hydrogens (tertiary/aromatic N) is 1. The standard InChI is InChI=1S/C14H19N3O3/c1-9-4-2-5-10(8-9)16-14(20)17-11-6-3-7-15-12(11)13(18)19/h3,6-7,9-10H,2,4-5,8H2,1H3,(H,18,19)(H2,16,17,20). The van der Waals surface area contributed by atoms with E-state index in [2.05, 4.69) is 22.5 Å². The van der Waals surface area contributed by atoms with Crippen molar-refractivity contribution in [2.45, 2.75) is 38.6 Å². The van der Waals surface area contributed by atoms with Gasteiger partial charge in [0.25, 0.3) is 0 Å². The van der Waals surface area contributed by atoms with Crippen LogP contribution in [0.2, 0.25) is 0 Å². The van der Waals surface area contributed by atoms with Crippen LogP contribution in [0.5, 0.6) is 0 Å². The third kappa shape index (κ3) is 3.69. The Bertz CT molecular complexity index is 504. The number of carbonyl (C=O) groups excluding carboxylic acids is 1. The van der Waals surface area contributed by atoms with Crippen molar-refractivity contribution in [1.82, 2.24) is 10.3 Å². The molecular formula is C14H19N3O3. The van der Waals surface area contributed by atoms with Gasteiger partial charge in [0.05, 0.1) is 5.69 Å². The van der Waals surface area contributed by atoms with E-state index in [4.69, 9.17) is 5.11 Å². The lowest BCUT2D eigenvalue weighted by molar-refractivity contribution is 0.0692. The highest BCUT2D eigenvalue weighted by Crippen LogP contribution is 2.23. The number of rotatable bonds is 3. The molecule has 2 amide bonds. The second-order valence-corrected chi connectivity index (χ2v) is 5.27. The predicted octanol–water partition coefficient (Wildman–Crippen LogP) is 2.48. The Balaban J connectivity index is 1.96. The van der Waals surface area contributed by atoms with Gasteiger partial charge in [0.15, 0.2) is 5.69 Å². The fourth-order valence-electron chi connectivity index (χ4n) is 2.59. The van der Waals surface area contributed by atoms with Gasteiger partial charge in [-0.3, -0.25) is 0 Å². The summed E-state index contributed by atoms with van der Waals surface area (Å²) in [6.07, 6.45) is 5.63. The van der Waals surface area contributed by atoms with E-state index in [1.165, 1.54) is 18.7 Å². The maximum Gasteiger partial charge on any atom is 0.356 e. The number of carboxylic acids is 1. The molecule has 20 heavy (non-hydrogen) atoms. The van der Waals surface area contributed by atoms with Gasteiger partial charge in [-0.2, -0.15) is 0 Å². The molecule has 0 spiro atoms. The molecule has 2 rings (SSSR count). The summed E-state index contributed by atoms with van der Waals surface area (Å²) in [6.45, 7) is 2.18. The molecular weight excluding hydrogens is 258 g/mol. The quantitative estimate of drug-likeness (QED) is 0.791. The maximum absolute atomic E-state index is 11.9. The SMILES string of the molecule is CC1CCCC(NC(=O)Nc2cccnc2C(=O)O)C1. The zero-order valence-electron chi connectivity index (χ0n) is 11.4. The summed E-state index contributed by atoms with van der Waals surface area (Å²) in [6, 6.07) is 2.90. The van der Waals surface area contributed by atoms with E-state index in [1.54, 1.807) is 6.07 Å². The molecule has 1 aromatic rings. The Hall–Kier alpha value is -2.11. The van der Waals surface area contributed by atoms with E-state index in [9.17, 15) is 9.59 Å². The number of aromatic nitrogens is 1. The van der Waals surface area contributed by atoms with Crippen LogP contribution in [0.3, 0.4) is 0 Å². The van der Waals surface area contributed by atoms with Crippen molar-refractivity contribution in [3.05, 3.63) is 24.0 Å². The molecule has 1 aliphatic carbocycles. The molecule has 1 fully saturated rings. The lowest BCUT2D eigenvalue weighted by Crippen LogP contribution is -2.40. The number of urea groups is 1. The summed E-state index contributed by atoms with van der Waals surface area (Å²) in [5.41, 5.74) is 0.0565. The number of amides is 2. The van der Waals surface area contributed by atoms with Gasteiger partial charge in [-0.15, -0.1) is 0 Å². The lowest BCUT2D eigenvalue weighted by Gasteiger charge is -2.27. The minimum atomic E-state index is -1.16. The van der Waals surface area contributed by atoms with Crippen LogP contribution in [0.4, 0.5) is 10.5 Å². The van der Waals surface area contributed by atoms with Gasteiger partial charge < -0.3 is 15.7 Å². The van der Waals surface area contributed by atoms with E-state index in [-0.39, 0.29) is 23.5 Å². The fraction of sp³-hybridized carbons (Fsp3) is 0.500. The van der Waals surface area contributed by atoms with E-state index >= 15 is 0 Å². The molecule has 0 radical (unpaired) electrons. The zero-order valence-corrected chi connectivity index (χ0v) is 11.4. The molecule has 0 aromatic carbocycles. The first-order chi connectivity index (χ1) is 9.56. The second-order valence-electron chi connectivity index (χ2n) is 5.27. The molecule has 0 saturated heterocycles. The number of aromatic carboxylic acids is 1. The number of carbonyl (C=O) groups is 2. The highest BCUT2D eigenvalue weighted by molar-refractivity contribution is 5.98. The number of hydrogen-bond acceptors (Lipinski definition) is 3. The highest BCUT2D eigenvalue weighted by atomic mass is 16.4. The van der Waals surface area contributed by atoms with Crippen LogP contribution in [-0.4, -0.2) is 28.1 Å². The summed E-state index contributed by atoms with van der Waals surface area (Å²) in [4.78, 5) is 26.7. The first-order valence-electron chi connectivity index (χ1n) is 6.82. The number of nitrogens with one attached hydrogen (secondary N) is 2. The van der Waals surface area contributed by atoms with Crippen molar-refractivity contribution < 1.29 is 14.7 Å². The minimum absolute atomic E-state index is 0.153. The van der Waals surface area contributed by atoms with Crippen molar-refractivity contribution in [1.29, 1.82) is 0 Å². The highest BCUT2D eigenvalue weighted by Gasteiger charge is 2.21. The van der Waals surface area contributed by atoms with Gasteiger partial charge in [-0.05, 0) is 30.9 Å². The summed E-state index contributed by atoms with van der Waals surface area (Å²) in [5.74, 6) is -0.547. The summed E-state index contributed by atoms with van der Waals surface area (Å²) < 4.78 is 0. The van der Waals surface area contributed by atoms with E-state index in [1.807, 2.05) is 0 Å². The topological polar surface area (TPSA) is 91.3 Å². The van der Waals surface area contributed by atoms with Crippen molar-refractivity contribution in [2.24, 2.45) is 5.92 Å². The van der Waals surface area contributed by atoms with Crippen molar-refractivity contribution in [2.75, 3.05) is 5.32 Å². The first-order valence-corrected chi connectivity index (χ1v) is 6.82. The molecule has 0 bridgehead atoms. The van der Waals surface area contributed by atoms with Crippen LogP contribution in [0.1, 0.15) is 43.1 Å². The van der Waals surface area contributed by atoms with Gasteiger partial charge in [-0.25, -0.2) is 14.6 Å². The third-order valence-corrected chi connectivity index (χ3v) is 3.53. The van der Waals surface area contributed by atoms with Crippen LogP contribution in [-0.2, 0) is 0 Å². The fourth-order valence-corrected chi connectivity index (χ4v) is 2.59. The second kappa shape index (κ2) is 6.36. The van der Waals surface area contributed by atoms with Gasteiger partial charge >= 0.3 is 12.0 Å². The monoisotopic (exact) mass is 277 g/mol. The van der Waals surface area contributed by atoms with Crippen molar-refractivity contribution in [3.63, 3.8) is 0 Å². The van der Waals surface area contributed by atoms with Crippen molar-refractivity contribution in [3.8, 4) is 0 Å². The zero-order chi connectivity index (χ0) is 14.5. The van der Waals surface area contributed by atoms with E-state index in [0.717, 1.165) is 19.3 Å².